The van der Waals surface area contributed by atoms with Crippen molar-refractivity contribution in [2.45, 2.75) is 12.0 Å². The van der Waals surface area contributed by atoms with Crippen LogP contribution in [0.5, 0.6) is 0 Å². The van der Waals surface area contributed by atoms with Crippen molar-refractivity contribution in [3.05, 3.63) is 22.4 Å². The second kappa shape index (κ2) is 4.42. The number of Topliss-reactive ketones (excluding diaryl/α,β-unsaturated/α-hetero) is 1. The van der Waals surface area contributed by atoms with Gasteiger partial charge >= 0.3 is 11.9 Å². The highest BCUT2D eigenvalue weighted by atomic mass is 32.1. The zero-order chi connectivity index (χ0) is 12.3. The third-order valence-electron chi connectivity index (χ3n) is 1.96. The number of ketones is 1. The van der Waals surface area contributed by atoms with Crippen LogP contribution in [0, 0.1) is 0 Å². The maximum atomic E-state index is 11.7. The van der Waals surface area contributed by atoms with E-state index in [2.05, 4.69) is 0 Å². The predicted molar refractivity (Wildman–Crippen MR) is 55.5 cm³/mol. The third kappa shape index (κ3) is 2.26. The molecular formula is C9H9NO5S. The fourth-order valence-electron chi connectivity index (χ4n) is 1.12. The summed E-state index contributed by atoms with van der Waals surface area (Å²) in [5.41, 5.74) is 2.95. The van der Waals surface area contributed by atoms with E-state index in [1.54, 1.807) is 11.4 Å². The van der Waals surface area contributed by atoms with E-state index < -0.39 is 29.7 Å². The van der Waals surface area contributed by atoms with Crippen molar-refractivity contribution in [1.29, 1.82) is 0 Å². The Morgan fingerprint density at radius 3 is 2.38 bits per heavy atom. The van der Waals surface area contributed by atoms with Crippen LogP contribution in [-0.2, 0) is 9.59 Å². The first-order valence-corrected chi connectivity index (χ1v) is 5.08. The van der Waals surface area contributed by atoms with Crippen LogP contribution in [0.2, 0.25) is 0 Å². The first kappa shape index (κ1) is 12.3. The molecule has 1 unspecified atom stereocenters. The van der Waals surface area contributed by atoms with Gasteiger partial charge in [0.15, 0.2) is 5.54 Å². The molecule has 16 heavy (non-hydrogen) atoms. The summed E-state index contributed by atoms with van der Waals surface area (Å²) in [5, 5.41) is 19.0. The molecule has 4 N–H and O–H groups in total. The number of hydrogen-bond acceptors (Lipinski definition) is 5. The van der Waals surface area contributed by atoms with Gasteiger partial charge in [-0.05, 0) is 11.4 Å². The van der Waals surface area contributed by atoms with Crippen molar-refractivity contribution in [3.63, 3.8) is 0 Å². The molecule has 86 valence electrons. The summed E-state index contributed by atoms with van der Waals surface area (Å²) in [4.78, 5) is 33.3. The number of rotatable bonds is 5. The topological polar surface area (TPSA) is 118 Å². The van der Waals surface area contributed by atoms with Gasteiger partial charge in [0, 0.05) is 0 Å². The van der Waals surface area contributed by atoms with E-state index in [-0.39, 0.29) is 4.88 Å². The van der Waals surface area contributed by atoms with Gasteiger partial charge in [-0.2, -0.15) is 0 Å². The van der Waals surface area contributed by atoms with Crippen LogP contribution >= 0.6 is 11.3 Å². The summed E-state index contributed by atoms with van der Waals surface area (Å²) in [5.74, 6) is -3.97. The molecule has 0 aliphatic rings. The summed E-state index contributed by atoms with van der Waals surface area (Å²) in [6, 6.07) is 2.96. The van der Waals surface area contributed by atoms with E-state index in [0.29, 0.717) is 0 Å². The quantitative estimate of drug-likeness (QED) is 0.501. The zero-order valence-electron chi connectivity index (χ0n) is 8.04. The summed E-state index contributed by atoms with van der Waals surface area (Å²) in [7, 11) is 0. The van der Waals surface area contributed by atoms with Crippen LogP contribution in [0.15, 0.2) is 17.5 Å². The molecule has 0 aliphatic carbocycles. The van der Waals surface area contributed by atoms with Gasteiger partial charge in [0.05, 0.1) is 11.3 Å². The van der Waals surface area contributed by atoms with E-state index in [4.69, 9.17) is 15.9 Å². The molecule has 7 heteroatoms. The van der Waals surface area contributed by atoms with Crippen LogP contribution in [0.1, 0.15) is 16.1 Å². The van der Waals surface area contributed by atoms with E-state index in [9.17, 15) is 14.4 Å². The summed E-state index contributed by atoms with van der Waals surface area (Å²) in [6.45, 7) is 0. The molecule has 0 aliphatic heterocycles. The molecule has 0 saturated carbocycles. The lowest BCUT2D eigenvalue weighted by molar-refractivity contribution is -0.147. The van der Waals surface area contributed by atoms with Crippen molar-refractivity contribution in [3.8, 4) is 0 Å². The van der Waals surface area contributed by atoms with Gasteiger partial charge in [-0.1, -0.05) is 6.07 Å². The summed E-state index contributed by atoms with van der Waals surface area (Å²) < 4.78 is 0. The lowest BCUT2D eigenvalue weighted by Gasteiger charge is -2.20. The van der Waals surface area contributed by atoms with Gasteiger partial charge in [0.2, 0.25) is 5.78 Å². The molecule has 1 heterocycles. The third-order valence-corrected chi connectivity index (χ3v) is 2.83. The molecule has 1 aromatic heterocycles. The first-order chi connectivity index (χ1) is 7.38. The number of nitrogens with two attached hydrogens (primary N) is 1. The Kier molecular flexibility index (Phi) is 3.41. The Morgan fingerprint density at radius 1 is 1.38 bits per heavy atom. The molecule has 0 aromatic carbocycles. The normalized spacial score (nSPS) is 14.1. The van der Waals surface area contributed by atoms with Crippen LogP contribution in [0.4, 0.5) is 0 Å². The minimum Gasteiger partial charge on any atom is -0.481 e. The number of carboxylic acid groups (broad SMARTS) is 2. The average molecular weight is 243 g/mol. The van der Waals surface area contributed by atoms with Crippen molar-refractivity contribution in [2.75, 3.05) is 0 Å². The number of carbonyl (C=O) groups excluding carboxylic acids is 1. The SMILES string of the molecule is NC(CC(=O)O)(C(=O)O)C(=O)c1cccs1. The number of carbonyl (C=O) groups is 3. The molecule has 1 aromatic rings. The molecule has 0 spiro atoms. The average Bonchev–Trinajstić information content (AvgIpc) is 2.67. The van der Waals surface area contributed by atoms with E-state index >= 15 is 0 Å². The van der Waals surface area contributed by atoms with Crippen LogP contribution < -0.4 is 5.73 Å². The Hall–Kier alpha value is -1.73. The minimum absolute atomic E-state index is 0.131. The second-order valence-electron chi connectivity index (χ2n) is 3.15. The van der Waals surface area contributed by atoms with Crippen molar-refractivity contribution >= 4 is 29.1 Å². The Balaban J connectivity index is 3.07. The van der Waals surface area contributed by atoms with E-state index in [1.807, 2.05) is 0 Å². The first-order valence-electron chi connectivity index (χ1n) is 4.20. The van der Waals surface area contributed by atoms with Crippen molar-refractivity contribution in [2.24, 2.45) is 5.73 Å². The lowest BCUT2D eigenvalue weighted by atomic mass is 9.90. The zero-order valence-corrected chi connectivity index (χ0v) is 8.86. The molecule has 0 bridgehead atoms. The van der Waals surface area contributed by atoms with E-state index in [0.717, 1.165) is 11.3 Å². The number of aliphatic carboxylic acids is 2. The highest BCUT2D eigenvalue weighted by molar-refractivity contribution is 7.12. The van der Waals surface area contributed by atoms with Crippen LogP contribution in [-0.4, -0.2) is 33.5 Å². The van der Waals surface area contributed by atoms with Gasteiger partial charge in [-0.3, -0.25) is 9.59 Å². The van der Waals surface area contributed by atoms with Gasteiger partial charge in [-0.15, -0.1) is 11.3 Å². The standard InChI is InChI=1S/C9H9NO5S/c10-9(8(14)15,4-6(11)12)7(13)5-2-1-3-16-5/h1-3H,4,10H2,(H,11,12)(H,14,15). The monoisotopic (exact) mass is 243 g/mol. The molecule has 6 nitrogen and oxygen atoms in total. The largest absolute Gasteiger partial charge is 0.481 e. The number of hydrogen-bond donors (Lipinski definition) is 3. The fourth-order valence-corrected chi connectivity index (χ4v) is 1.87. The van der Waals surface area contributed by atoms with Crippen molar-refractivity contribution in [1.82, 2.24) is 0 Å². The summed E-state index contributed by atoms with van der Waals surface area (Å²) >= 11 is 1.02. The molecule has 1 atom stereocenters. The maximum absolute atomic E-state index is 11.7. The second-order valence-corrected chi connectivity index (χ2v) is 4.10. The molecular weight excluding hydrogens is 234 g/mol. The van der Waals surface area contributed by atoms with Crippen molar-refractivity contribution < 1.29 is 24.6 Å². The minimum atomic E-state index is -2.41. The van der Waals surface area contributed by atoms with E-state index in [1.165, 1.54) is 6.07 Å². The predicted octanol–water partition coefficient (Wildman–Crippen LogP) is 0.188. The Morgan fingerprint density at radius 2 is 2.00 bits per heavy atom. The molecule has 1 rings (SSSR count). The Bertz CT molecular complexity index is 427. The van der Waals surface area contributed by atoms with Gasteiger partial charge in [0.1, 0.15) is 0 Å². The van der Waals surface area contributed by atoms with Gasteiger partial charge in [0.25, 0.3) is 0 Å². The summed E-state index contributed by atoms with van der Waals surface area (Å²) in [6.07, 6.45) is -0.945. The Labute approximate surface area is 94.3 Å². The number of carboxylic acids is 2. The highest BCUT2D eigenvalue weighted by Gasteiger charge is 2.45. The molecule has 0 saturated heterocycles. The lowest BCUT2D eigenvalue weighted by Crippen LogP contribution is -2.56. The molecule has 0 amide bonds. The van der Waals surface area contributed by atoms with Gasteiger partial charge in [-0.25, -0.2) is 4.79 Å². The molecule has 0 radical (unpaired) electrons. The molecule has 0 fully saturated rings. The van der Waals surface area contributed by atoms with Gasteiger partial charge < -0.3 is 15.9 Å². The fraction of sp³-hybridized carbons (Fsp3) is 0.222. The maximum Gasteiger partial charge on any atom is 0.332 e. The smallest absolute Gasteiger partial charge is 0.332 e. The number of thiophene rings is 1. The highest BCUT2D eigenvalue weighted by Crippen LogP contribution is 2.19. The van der Waals surface area contributed by atoms with Crippen LogP contribution in [0.25, 0.3) is 0 Å². The van der Waals surface area contributed by atoms with Crippen LogP contribution in [0.3, 0.4) is 0 Å².